The second kappa shape index (κ2) is 5.81. The van der Waals surface area contributed by atoms with Crippen LogP contribution in [0.3, 0.4) is 0 Å². The third-order valence-electron chi connectivity index (χ3n) is 3.20. The minimum Gasteiger partial charge on any atom is -0.507 e. The Hall–Kier alpha value is -2.74. The molecule has 2 heterocycles. The number of fused-ring (bicyclic) bond motifs is 1. The van der Waals surface area contributed by atoms with Crippen LogP contribution < -0.4 is 5.56 Å². The molecule has 2 N–H and O–H groups in total. The summed E-state index contributed by atoms with van der Waals surface area (Å²) in [6.45, 7) is 0. The SMILES string of the molecule is CSc1nc2ncc(C(=O)c3cc(F)ccc3O)cc2c(=O)[nH]1. The van der Waals surface area contributed by atoms with Gasteiger partial charge in [-0.05, 0) is 30.5 Å². The standard InChI is InChI=1S/C15H10FN3O3S/c1-23-15-18-13-10(14(22)19-15)4-7(6-17-13)12(21)9-5-8(16)2-3-11(9)20/h2-6,20H,1H3,(H,17,18,19,22). The summed E-state index contributed by atoms with van der Waals surface area (Å²) < 4.78 is 13.3. The number of phenolic OH excluding ortho intramolecular Hbond substituents is 1. The number of benzene rings is 1. The van der Waals surface area contributed by atoms with E-state index < -0.39 is 17.2 Å². The lowest BCUT2D eigenvalue weighted by Crippen LogP contribution is -2.12. The van der Waals surface area contributed by atoms with Crippen molar-refractivity contribution < 1.29 is 14.3 Å². The average Bonchev–Trinajstić information content (AvgIpc) is 2.56. The lowest BCUT2D eigenvalue weighted by atomic mass is 10.0. The zero-order valence-corrected chi connectivity index (χ0v) is 12.6. The van der Waals surface area contributed by atoms with Crippen molar-refractivity contribution in [3.05, 3.63) is 57.8 Å². The number of halogens is 1. The molecule has 0 spiro atoms. The van der Waals surface area contributed by atoms with E-state index in [9.17, 15) is 19.1 Å². The smallest absolute Gasteiger partial charge is 0.261 e. The summed E-state index contributed by atoms with van der Waals surface area (Å²) in [6.07, 6.45) is 3.00. The molecule has 0 aliphatic heterocycles. The van der Waals surface area contributed by atoms with Crippen molar-refractivity contribution in [2.75, 3.05) is 6.26 Å². The Morgan fingerprint density at radius 3 is 2.87 bits per heavy atom. The maximum atomic E-state index is 13.3. The van der Waals surface area contributed by atoms with Gasteiger partial charge in [-0.15, -0.1) is 0 Å². The number of carbonyl (C=O) groups excluding carboxylic acids is 1. The summed E-state index contributed by atoms with van der Waals surface area (Å²) in [7, 11) is 0. The van der Waals surface area contributed by atoms with Gasteiger partial charge < -0.3 is 10.1 Å². The number of aromatic amines is 1. The Balaban J connectivity index is 2.13. The highest BCUT2D eigenvalue weighted by Crippen LogP contribution is 2.22. The van der Waals surface area contributed by atoms with Crippen molar-refractivity contribution in [2.24, 2.45) is 0 Å². The first-order valence-electron chi connectivity index (χ1n) is 6.47. The number of H-pyrrole nitrogens is 1. The molecule has 1 aromatic carbocycles. The Morgan fingerprint density at radius 1 is 1.35 bits per heavy atom. The summed E-state index contributed by atoms with van der Waals surface area (Å²) >= 11 is 1.26. The van der Waals surface area contributed by atoms with Crippen LogP contribution in [-0.4, -0.2) is 32.1 Å². The molecule has 0 aliphatic rings. The van der Waals surface area contributed by atoms with E-state index in [4.69, 9.17) is 0 Å². The molecule has 3 aromatic rings. The second-order valence-electron chi connectivity index (χ2n) is 4.66. The molecule has 2 aromatic heterocycles. The minimum atomic E-state index is -0.649. The highest BCUT2D eigenvalue weighted by atomic mass is 32.2. The summed E-state index contributed by atoms with van der Waals surface area (Å²) in [5.74, 6) is -1.63. The van der Waals surface area contributed by atoms with Crippen LogP contribution in [0.2, 0.25) is 0 Å². The Kier molecular flexibility index (Phi) is 3.83. The van der Waals surface area contributed by atoms with Gasteiger partial charge in [-0.1, -0.05) is 11.8 Å². The number of phenols is 1. The van der Waals surface area contributed by atoms with Gasteiger partial charge in [0.1, 0.15) is 11.6 Å². The van der Waals surface area contributed by atoms with Crippen LogP contribution in [0.15, 0.2) is 40.4 Å². The van der Waals surface area contributed by atoms with Crippen LogP contribution in [-0.2, 0) is 0 Å². The number of hydrogen-bond donors (Lipinski definition) is 2. The zero-order chi connectivity index (χ0) is 16.6. The van der Waals surface area contributed by atoms with Crippen LogP contribution in [0.5, 0.6) is 5.75 Å². The number of nitrogens with zero attached hydrogens (tertiary/aromatic N) is 2. The number of hydrogen-bond acceptors (Lipinski definition) is 6. The van der Waals surface area contributed by atoms with E-state index in [0.717, 1.165) is 18.2 Å². The normalized spacial score (nSPS) is 10.9. The Bertz CT molecular complexity index is 987. The maximum Gasteiger partial charge on any atom is 0.261 e. The number of nitrogens with one attached hydrogen (secondary N) is 1. The summed E-state index contributed by atoms with van der Waals surface area (Å²) in [4.78, 5) is 35.1. The number of aromatic hydroxyl groups is 1. The van der Waals surface area contributed by atoms with Crippen molar-refractivity contribution in [3.8, 4) is 5.75 Å². The highest BCUT2D eigenvalue weighted by molar-refractivity contribution is 7.98. The zero-order valence-electron chi connectivity index (χ0n) is 11.8. The van der Waals surface area contributed by atoms with Gasteiger partial charge in [0.15, 0.2) is 16.6 Å². The van der Waals surface area contributed by atoms with Gasteiger partial charge in [-0.2, -0.15) is 0 Å². The fourth-order valence-electron chi connectivity index (χ4n) is 2.07. The molecule has 0 amide bonds. The number of aromatic nitrogens is 3. The molecule has 3 rings (SSSR count). The Labute approximate surface area is 133 Å². The van der Waals surface area contributed by atoms with Crippen LogP contribution in [0.1, 0.15) is 15.9 Å². The number of carbonyl (C=O) groups is 1. The molecule has 116 valence electrons. The monoisotopic (exact) mass is 331 g/mol. The summed E-state index contributed by atoms with van der Waals surface area (Å²) in [5.41, 5.74) is -0.359. The first-order valence-corrected chi connectivity index (χ1v) is 7.69. The van der Waals surface area contributed by atoms with E-state index >= 15 is 0 Å². The third-order valence-corrected chi connectivity index (χ3v) is 3.78. The molecule has 0 fully saturated rings. The summed E-state index contributed by atoms with van der Waals surface area (Å²) in [6, 6.07) is 4.39. The molecule has 8 heteroatoms. The Morgan fingerprint density at radius 2 is 2.13 bits per heavy atom. The largest absolute Gasteiger partial charge is 0.507 e. The molecule has 0 unspecified atom stereocenters. The predicted molar refractivity (Wildman–Crippen MR) is 83.4 cm³/mol. The van der Waals surface area contributed by atoms with E-state index in [1.807, 2.05) is 0 Å². The molecule has 0 saturated heterocycles. The van der Waals surface area contributed by atoms with Crippen molar-refractivity contribution >= 4 is 28.6 Å². The molecular weight excluding hydrogens is 321 g/mol. The van der Waals surface area contributed by atoms with Crippen molar-refractivity contribution in [2.45, 2.75) is 5.16 Å². The van der Waals surface area contributed by atoms with Crippen molar-refractivity contribution in [1.29, 1.82) is 0 Å². The molecule has 0 saturated carbocycles. The molecule has 0 radical (unpaired) electrons. The van der Waals surface area contributed by atoms with E-state index in [-0.39, 0.29) is 27.9 Å². The molecule has 0 aliphatic carbocycles. The van der Waals surface area contributed by atoms with E-state index in [1.54, 1.807) is 6.26 Å². The lowest BCUT2D eigenvalue weighted by Gasteiger charge is -2.05. The number of pyridine rings is 1. The first-order chi connectivity index (χ1) is 11.0. The third kappa shape index (κ3) is 2.80. The van der Waals surface area contributed by atoms with Crippen LogP contribution >= 0.6 is 11.8 Å². The van der Waals surface area contributed by atoms with Crippen LogP contribution in [0.4, 0.5) is 4.39 Å². The van der Waals surface area contributed by atoms with Gasteiger partial charge in [0, 0.05) is 11.8 Å². The quantitative estimate of drug-likeness (QED) is 0.433. The van der Waals surface area contributed by atoms with E-state index in [2.05, 4.69) is 15.0 Å². The predicted octanol–water partition coefficient (Wildman–Crippen LogP) is 2.12. The molecule has 23 heavy (non-hydrogen) atoms. The van der Waals surface area contributed by atoms with E-state index in [0.29, 0.717) is 5.16 Å². The maximum absolute atomic E-state index is 13.3. The fraction of sp³-hybridized carbons (Fsp3) is 0.0667. The van der Waals surface area contributed by atoms with Gasteiger partial charge in [-0.3, -0.25) is 9.59 Å². The van der Waals surface area contributed by atoms with Gasteiger partial charge in [0.25, 0.3) is 5.56 Å². The van der Waals surface area contributed by atoms with E-state index in [1.165, 1.54) is 24.0 Å². The minimum absolute atomic E-state index is 0.0580. The van der Waals surface area contributed by atoms with Crippen molar-refractivity contribution in [1.82, 2.24) is 15.0 Å². The molecule has 6 nitrogen and oxygen atoms in total. The van der Waals surface area contributed by atoms with Gasteiger partial charge in [-0.25, -0.2) is 14.4 Å². The number of thioether (sulfide) groups is 1. The topological polar surface area (TPSA) is 95.9 Å². The summed E-state index contributed by atoms with van der Waals surface area (Å²) in [5, 5.41) is 10.3. The molecule has 0 atom stereocenters. The van der Waals surface area contributed by atoms with Gasteiger partial charge in [0.2, 0.25) is 0 Å². The van der Waals surface area contributed by atoms with Crippen LogP contribution in [0.25, 0.3) is 11.0 Å². The number of ketones is 1. The highest BCUT2D eigenvalue weighted by Gasteiger charge is 2.16. The van der Waals surface area contributed by atoms with Gasteiger partial charge in [0.05, 0.1) is 10.9 Å². The molecular formula is C15H10FN3O3S. The molecule has 0 bridgehead atoms. The van der Waals surface area contributed by atoms with Crippen molar-refractivity contribution in [3.63, 3.8) is 0 Å². The van der Waals surface area contributed by atoms with Crippen LogP contribution in [0, 0.1) is 5.82 Å². The van der Waals surface area contributed by atoms with Gasteiger partial charge >= 0.3 is 0 Å². The average molecular weight is 331 g/mol. The first kappa shape index (κ1) is 15.2. The fourth-order valence-corrected chi connectivity index (χ4v) is 2.44. The number of rotatable bonds is 3. The lowest BCUT2D eigenvalue weighted by molar-refractivity contribution is 0.103. The second-order valence-corrected chi connectivity index (χ2v) is 5.46.